The van der Waals surface area contributed by atoms with Crippen molar-refractivity contribution in [2.45, 2.75) is 112 Å². The first-order chi connectivity index (χ1) is 14.3. The van der Waals surface area contributed by atoms with Crippen LogP contribution in [0.4, 0.5) is 0 Å². The summed E-state index contributed by atoms with van der Waals surface area (Å²) >= 11 is 0. The highest BCUT2D eigenvalue weighted by Gasteiger charge is 2.70. The largest absolute Gasteiger partial charge is 0.481 e. The van der Waals surface area contributed by atoms with Crippen LogP contribution in [0.5, 0.6) is 0 Å². The molecule has 0 amide bonds. The zero-order valence-electron chi connectivity index (χ0n) is 20.8. The maximum absolute atomic E-state index is 12.3. The topological polar surface area (TPSA) is 57.5 Å². The van der Waals surface area contributed by atoms with Crippen LogP contribution in [0.2, 0.25) is 0 Å². The second-order valence-electron chi connectivity index (χ2n) is 14.2. The first-order valence-corrected chi connectivity index (χ1v) is 13.2. The number of aliphatic hydroxyl groups excluding tert-OH is 1. The summed E-state index contributed by atoms with van der Waals surface area (Å²) in [4.78, 5) is 12.3. The lowest BCUT2D eigenvalue weighted by atomic mass is 9.32. The molecule has 0 radical (unpaired) electrons. The van der Waals surface area contributed by atoms with Crippen molar-refractivity contribution < 1.29 is 15.0 Å². The monoisotopic (exact) mass is 430 g/mol. The highest BCUT2D eigenvalue weighted by molar-refractivity contribution is 5.71. The van der Waals surface area contributed by atoms with Crippen molar-refractivity contribution in [1.29, 1.82) is 0 Å². The highest BCUT2D eigenvalue weighted by atomic mass is 16.4. The predicted molar refractivity (Wildman–Crippen MR) is 123 cm³/mol. The molecule has 5 aliphatic carbocycles. The number of carboxylic acid groups (broad SMARTS) is 1. The van der Waals surface area contributed by atoms with Crippen molar-refractivity contribution in [3.05, 3.63) is 0 Å². The van der Waals surface area contributed by atoms with Gasteiger partial charge in [0.15, 0.2) is 0 Å². The Morgan fingerprint density at radius 3 is 2.13 bits per heavy atom. The Kier molecular flexibility index (Phi) is 4.67. The standard InChI is InChI=1S/C28H46O3/c1-24(2)19-10-14-28(6)20(26(19,4)13-11-21(24)29)8-7-18-22-17(23(30)31)9-12-25(22,3)15-16-27(18,28)5/h17-22,29H,7-16H2,1-6H3,(H,30,31)/t17?,18?,19?,20?,21-,22?,25+,26-,27+,28+/m0/s1. The highest BCUT2D eigenvalue weighted by Crippen LogP contribution is 2.77. The molecule has 0 aromatic carbocycles. The van der Waals surface area contributed by atoms with Crippen LogP contribution in [0.1, 0.15) is 106 Å². The summed E-state index contributed by atoms with van der Waals surface area (Å²) in [5.74, 6) is 1.53. The van der Waals surface area contributed by atoms with Gasteiger partial charge < -0.3 is 10.2 Å². The molecule has 0 aromatic heterocycles. The average molecular weight is 431 g/mol. The van der Waals surface area contributed by atoms with Crippen molar-refractivity contribution in [2.24, 2.45) is 56.7 Å². The molecule has 3 nitrogen and oxygen atoms in total. The van der Waals surface area contributed by atoms with Gasteiger partial charge >= 0.3 is 5.97 Å². The summed E-state index contributed by atoms with van der Waals surface area (Å²) in [6.07, 6.45) is 11.3. The number of hydrogen-bond acceptors (Lipinski definition) is 2. The molecule has 3 heteroatoms. The SMILES string of the molecule is CC1(C)C2CC[C@]3(C)C(CCC4C5C(C(=O)O)CC[C@]5(C)CC[C@]43C)[C@@]2(C)CC[C@@H]1O. The minimum Gasteiger partial charge on any atom is -0.481 e. The number of carboxylic acids is 1. The molecule has 31 heavy (non-hydrogen) atoms. The van der Waals surface area contributed by atoms with Gasteiger partial charge in [-0.05, 0) is 115 Å². The Labute approximate surface area is 189 Å². The average Bonchev–Trinajstić information content (AvgIpc) is 3.04. The van der Waals surface area contributed by atoms with Crippen LogP contribution in [0.3, 0.4) is 0 Å². The molecule has 0 heterocycles. The molecule has 5 saturated carbocycles. The van der Waals surface area contributed by atoms with Gasteiger partial charge in [0.05, 0.1) is 12.0 Å². The maximum Gasteiger partial charge on any atom is 0.306 e. The number of aliphatic hydroxyl groups is 1. The Morgan fingerprint density at radius 1 is 0.742 bits per heavy atom. The van der Waals surface area contributed by atoms with E-state index in [-0.39, 0.29) is 33.7 Å². The number of fused-ring (bicyclic) bond motifs is 7. The van der Waals surface area contributed by atoms with E-state index in [1.165, 1.54) is 38.5 Å². The van der Waals surface area contributed by atoms with E-state index >= 15 is 0 Å². The van der Waals surface area contributed by atoms with Crippen molar-refractivity contribution in [3.8, 4) is 0 Å². The van der Waals surface area contributed by atoms with E-state index < -0.39 is 5.97 Å². The van der Waals surface area contributed by atoms with Crippen molar-refractivity contribution in [2.75, 3.05) is 0 Å². The molecule has 5 aliphatic rings. The molecule has 5 rings (SSSR count). The predicted octanol–water partition coefficient (Wildman–Crippen LogP) is 6.53. The van der Waals surface area contributed by atoms with Crippen LogP contribution in [0.25, 0.3) is 0 Å². The Bertz CT molecular complexity index is 774. The molecule has 0 aromatic rings. The van der Waals surface area contributed by atoms with Crippen LogP contribution >= 0.6 is 0 Å². The smallest absolute Gasteiger partial charge is 0.306 e. The zero-order chi connectivity index (χ0) is 22.6. The zero-order valence-corrected chi connectivity index (χ0v) is 20.8. The first kappa shape index (κ1) is 22.2. The third kappa shape index (κ3) is 2.59. The fourth-order valence-corrected chi connectivity index (χ4v) is 11.2. The molecule has 5 unspecified atom stereocenters. The van der Waals surface area contributed by atoms with E-state index in [9.17, 15) is 15.0 Å². The van der Waals surface area contributed by atoms with Crippen molar-refractivity contribution in [3.63, 3.8) is 0 Å². The van der Waals surface area contributed by atoms with Crippen molar-refractivity contribution >= 4 is 5.97 Å². The fourth-order valence-electron chi connectivity index (χ4n) is 11.2. The lowest BCUT2D eigenvalue weighted by molar-refractivity contribution is -0.247. The molecule has 0 aliphatic heterocycles. The van der Waals surface area contributed by atoms with Gasteiger partial charge in [-0.2, -0.15) is 0 Å². The summed E-state index contributed by atoms with van der Waals surface area (Å²) in [5.41, 5.74) is 1.05. The second kappa shape index (κ2) is 6.51. The molecular weight excluding hydrogens is 384 g/mol. The normalized spacial score (nSPS) is 57.9. The quantitative estimate of drug-likeness (QED) is 0.497. The van der Waals surface area contributed by atoms with Crippen molar-refractivity contribution in [1.82, 2.24) is 0 Å². The van der Waals surface area contributed by atoms with E-state index in [1.54, 1.807) is 0 Å². The van der Waals surface area contributed by atoms with E-state index in [1.807, 2.05) is 0 Å². The molecule has 2 N–H and O–H groups in total. The van der Waals surface area contributed by atoms with E-state index in [0.717, 1.165) is 25.7 Å². The van der Waals surface area contributed by atoms with Gasteiger partial charge in [0.2, 0.25) is 0 Å². The molecule has 176 valence electrons. The minimum absolute atomic E-state index is 0.00290. The van der Waals surface area contributed by atoms with E-state index in [2.05, 4.69) is 41.5 Å². The van der Waals surface area contributed by atoms with Crippen LogP contribution in [-0.4, -0.2) is 22.3 Å². The molecule has 5 fully saturated rings. The van der Waals surface area contributed by atoms with Crippen LogP contribution < -0.4 is 0 Å². The Morgan fingerprint density at radius 2 is 1.45 bits per heavy atom. The third-order valence-electron chi connectivity index (χ3n) is 13.1. The van der Waals surface area contributed by atoms with Gasteiger partial charge in [-0.1, -0.05) is 41.5 Å². The lowest BCUT2D eigenvalue weighted by Crippen LogP contribution is -2.66. The van der Waals surface area contributed by atoms with Gasteiger partial charge in [0.1, 0.15) is 0 Å². The van der Waals surface area contributed by atoms with Crippen LogP contribution in [0.15, 0.2) is 0 Å². The van der Waals surface area contributed by atoms with Gasteiger partial charge in [-0.15, -0.1) is 0 Å². The number of carbonyl (C=O) groups is 1. The summed E-state index contributed by atoms with van der Waals surface area (Å²) < 4.78 is 0. The Balaban J connectivity index is 1.54. The van der Waals surface area contributed by atoms with Gasteiger partial charge in [0, 0.05) is 0 Å². The molecule has 0 spiro atoms. The van der Waals surface area contributed by atoms with Gasteiger partial charge in [-0.25, -0.2) is 0 Å². The lowest BCUT2D eigenvalue weighted by Gasteiger charge is -2.72. The summed E-state index contributed by atoms with van der Waals surface area (Å²) in [6, 6.07) is 0. The number of hydrogen-bond donors (Lipinski definition) is 2. The third-order valence-corrected chi connectivity index (χ3v) is 13.1. The minimum atomic E-state index is -0.538. The van der Waals surface area contributed by atoms with E-state index in [4.69, 9.17) is 0 Å². The molecular formula is C28H46O3. The van der Waals surface area contributed by atoms with Crippen LogP contribution in [-0.2, 0) is 4.79 Å². The van der Waals surface area contributed by atoms with E-state index in [0.29, 0.717) is 29.1 Å². The fraction of sp³-hybridized carbons (Fsp3) is 0.964. The second-order valence-corrected chi connectivity index (χ2v) is 14.2. The molecule has 0 bridgehead atoms. The summed E-state index contributed by atoms with van der Waals surface area (Å²) in [7, 11) is 0. The van der Waals surface area contributed by atoms with Gasteiger partial charge in [0.25, 0.3) is 0 Å². The molecule has 10 atom stereocenters. The maximum atomic E-state index is 12.3. The summed E-state index contributed by atoms with van der Waals surface area (Å²) in [5, 5.41) is 20.9. The molecule has 0 saturated heterocycles. The number of aliphatic carboxylic acids is 1. The van der Waals surface area contributed by atoms with Crippen LogP contribution in [0, 0.1) is 56.7 Å². The first-order valence-electron chi connectivity index (χ1n) is 13.2. The number of rotatable bonds is 1. The van der Waals surface area contributed by atoms with Gasteiger partial charge in [-0.3, -0.25) is 4.79 Å². The summed E-state index contributed by atoms with van der Waals surface area (Å²) in [6.45, 7) is 14.8. The Hall–Kier alpha value is -0.570.